The van der Waals surface area contributed by atoms with Gasteiger partial charge in [0.2, 0.25) is 5.91 Å². The topological polar surface area (TPSA) is 57.7 Å². The first-order chi connectivity index (χ1) is 9.38. The summed E-state index contributed by atoms with van der Waals surface area (Å²) in [6.07, 6.45) is 6.47. The number of carbonyl (C=O) groups is 1. The van der Waals surface area contributed by atoms with Crippen LogP contribution < -0.4 is 0 Å². The van der Waals surface area contributed by atoms with E-state index in [9.17, 15) is 13.2 Å². The summed E-state index contributed by atoms with van der Waals surface area (Å²) < 4.78 is 22.4. The number of amides is 1. The minimum atomic E-state index is -2.87. The molecule has 2 atom stereocenters. The summed E-state index contributed by atoms with van der Waals surface area (Å²) in [5, 5.41) is 0. The Morgan fingerprint density at radius 1 is 1.15 bits per heavy atom. The smallest absolute Gasteiger partial charge is 0.219 e. The van der Waals surface area contributed by atoms with Crippen LogP contribution in [0.25, 0.3) is 0 Å². The van der Waals surface area contributed by atoms with Crippen LogP contribution >= 0.6 is 0 Å². The van der Waals surface area contributed by atoms with E-state index in [0.29, 0.717) is 18.5 Å². The van der Waals surface area contributed by atoms with Crippen LogP contribution in [-0.4, -0.2) is 67.9 Å². The predicted molar refractivity (Wildman–Crippen MR) is 79.3 cm³/mol. The van der Waals surface area contributed by atoms with Gasteiger partial charge in [0.15, 0.2) is 0 Å². The van der Waals surface area contributed by atoms with Crippen LogP contribution in [0, 0.1) is 0 Å². The molecule has 0 saturated carbocycles. The van der Waals surface area contributed by atoms with Gasteiger partial charge in [-0.3, -0.25) is 9.69 Å². The monoisotopic (exact) mass is 302 g/mol. The summed E-state index contributed by atoms with van der Waals surface area (Å²) in [7, 11) is -2.87. The van der Waals surface area contributed by atoms with Crippen molar-refractivity contribution >= 4 is 15.7 Å². The molecule has 0 aromatic heterocycles. The minimum absolute atomic E-state index is 0.176. The number of hydrogen-bond donors (Lipinski definition) is 0. The number of carbonyl (C=O) groups excluding carboxylic acids is 1. The summed E-state index contributed by atoms with van der Waals surface area (Å²) in [5.41, 5.74) is 0. The Hall–Kier alpha value is -0.620. The van der Waals surface area contributed by atoms with E-state index in [-0.39, 0.29) is 11.7 Å². The van der Waals surface area contributed by atoms with E-state index in [0.717, 1.165) is 45.3 Å². The molecule has 2 fully saturated rings. The lowest BCUT2D eigenvalue weighted by molar-refractivity contribution is -0.130. The second-order valence-electron chi connectivity index (χ2n) is 6.15. The molecular weight excluding hydrogens is 276 g/mol. The average molecular weight is 302 g/mol. The zero-order chi connectivity index (χ0) is 14.8. The fraction of sp³-hybridized carbons (Fsp3) is 0.929. The van der Waals surface area contributed by atoms with Gasteiger partial charge in [0.05, 0.1) is 5.75 Å². The van der Waals surface area contributed by atoms with Crippen LogP contribution in [-0.2, 0) is 14.6 Å². The molecule has 0 aromatic rings. The summed E-state index contributed by atoms with van der Waals surface area (Å²) >= 11 is 0. The molecule has 2 aliphatic rings. The second kappa shape index (κ2) is 6.43. The molecule has 2 aliphatic heterocycles. The van der Waals surface area contributed by atoms with E-state index >= 15 is 0 Å². The summed E-state index contributed by atoms with van der Waals surface area (Å²) in [4.78, 5) is 16.1. The highest BCUT2D eigenvalue weighted by atomic mass is 32.2. The average Bonchev–Trinajstić information content (AvgIpc) is 2.93. The lowest BCUT2D eigenvalue weighted by Gasteiger charge is -2.34. The van der Waals surface area contributed by atoms with E-state index in [1.54, 1.807) is 6.92 Å². The van der Waals surface area contributed by atoms with E-state index in [4.69, 9.17) is 0 Å². The third-order valence-electron chi connectivity index (χ3n) is 4.52. The number of hydrogen-bond acceptors (Lipinski definition) is 4. The van der Waals surface area contributed by atoms with Crippen molar-refractivity contribution in [2.24, 2.45) is 0 Å². The largest absolute Gasteiger partial charge is 0.338 e. The maximum atomic E-state index is 11.7. The molecule has 2 heterocycles. The van der Waals surface area contributed by atoms with Gasteiger partial charge in [-0.25, -0.2) is 8.42 Å². The fourth-order valence-electron chi connectivity index (χ4n) is 3.68. The normalized spacial score (nSPS) is 28.2. The molecule has 0 aliphatic carbocycles. The van der Waals surface area contributed by atoms with Crippen LogP contribution in [0.15, 0.2) is 0 Å². The van der Waals surface area contributed by atoms with Crippen LogP contribution in [0.1, 0.15) is 39.0 Å². The Morgan fingerprint density at radius 3 is 2.45 bits per heavy atom. The first-order valence-electron chi connectivity index (χ1n) is 7.57. The third-order valence-corrected chi connectivity index (χ3v) is 5.55. The lowest BCUT2D eigenvalue weighted by Crippen LogP contribution is -2.48. The van der Waals surface area contributed by atoms with Gasteiger partial charge in [0.25, 0.3) is 0 Å². The third kappa shape index (κ3) is 3.95. The molecule has 0 aromatic carbocycles. The van der Waals surface area contributed by atoms with Crippen molar-refractivity contribution in [1.82, 2.24) is 9.80 Å². The number of nitrogens with zero attached hydrogens (tertiary/aromatic N) is 2. The summed E-state index contributed by atoms with van der Waals surface area (Å²) in [6.45, 7) is 4.41. The van der Waals surface area contributed by atoms with Crippen molar-refractivity contribution in [1.29, 1.82) is 0 Å². The highest BCUT2D eigenvalue weighted by Gasteiger charge is 2.38. The van der Waals surface area contributed by atoms with Crippen LogP contribution in [0.4, 0.5) is 0 Å². The molecule has 2 saturated heterocycles. The Balaban J connectivity index is 1.91. The van der Waals surface area contributed by atoms with Crippen LogP contribution in [0.5, 0.6) is 0 Å². The van der Waals surface area contributed by atoms with Gasteiger partial charge in [0.1, 0.15) is 9.84 Å². The van der Waals surface area contributed by atoms with Gasteiger partial charge in [-0.15, -0.1) is 0 Å². The maximum absolute atomic E-state index is 11.7. The molecule has 1 amide bonds. The van der Waals surface area contributed by atoms with Gasteiger partial charge in [0, 0.05) is 31.8 Å². The Labute approximate surface area is 122 Å². The number of sulfone groups is 1. The minimum Gasteiger partial charge on any atom is -0.338 e. The molecule has 116 valence electrons. The molecule has 0 N–H and O–H groups in total. The lowest BCUT2D eigenvalue weighted by atomic mass is 10.0. The molecule has 2 rings (SSSR count). The fourth-order valence-corrected chi connectivity index (χ4v) is 4.33. The van der Waals surface area contributed by atoms with Gasteiger partial charge >= 0.3 is 0 Å². The quantitative estimate of drug-likeness (QED) is 0.757. The van der Waals surface area contributed by atoms with E-state index < -0.39 is 9.84 Å². The second-order valence-corrected chi connectivity index (χ2v) is 8.41. The maximum Gasteiger partial charge on any atom is 0.219 e. The Bertz CT molecular complexity index is 449. The van der Waals surface area contributed by atoms with E-state index in [1.807, 2.05) is 4.90 Å². The standard InChI is InChI=1S/C14H26N2O3S/c1-12(17)16-10-4-7-14(16)13-6-3-8-15(13)9-5-11-20(2,18)19/h13-14H,3-11H2,1-2H3. The molecule has 0 bridgehead atoms. The highest BCUT2D eigenvalue weighted by molar-refractivity contribution is 7.90. The molecule has 0 spiro atoms. The SMILES string of the molecule is CC(=O)N1CCCC1C1CCCN1CCCS(C)(=O)=O. The summed E-state index contributed by atoms with van der Waals surface area (Å²) in [6, 6.07) is 0.772. The van der Waals surface area contributed by atoms with Crippen molar-refractivity contribution < 1.29 is 13.2 Å². The van der Waals surface area contributed by atoms with Gasteiger partial charge in [-0.2, -0.15) is 0 Å². The van der Waals surface area contributed by atoms with Crippen LogP contribution in [0.3, 0.4) is 0 Å². The number of likely N-dealkylation sites (tertiary alicyclic amines) is 2. The Morgan fingerprint density at radius 2 is 1.80 bits per heavy atom. The molecule has 20 heavy (non-hydrogen) atoms. The number of rotatable bonds is 5. The highest BCUT2D eigenvalue weighted by Crippen LogP contribution is 2.30. The van der Waals surface area contributed by atoms with Crippen LogP contribution in [0.2, 0.25) is 0 Å². The molecule has 5 nitrogen and oxygen atoms in total. The van der Waals surface area contributed by atoms with E-state index in [2.05, 4.69) is 4.90 Å². The van der Waals surface area contributed by atoms with Crippen molar-refractivity contribution in [3.8, 4) is 0 Å². The zero-order valence-corrected chi connectivity index (χ0v) is 13.4. The first-order valence-corrected chi connectivity index (χ1v) is 9.63. The Kier molecular flexibility index (Phi) is 5.07. The predicted octanol–water partition coefficient (Wildman–Crippen LogP) is 0.896. The van der Waals surface area contributed by atoms with E-state index in [1.165, 1.54) is 6.26 Å². The van der Waals surface area contributed by atoms with Gasteiger partial charge in [-0.1, -0.05) is 0 Å². The van der Waals surface area contributed by atoms with Crippen molar-refractivity contribution in [3.05, 3.63) is 0 Å². The molecule has 2 unspecified atom stereocenters. The first kappa shape index (κ1) is 15.8. The molecular formula is C14H26N2O3S. The molecule has 0 radical (unpaired) electrons. The van der Waals surface area contributed by atoms with Gasteiger partial charge in [-0.05, 0) is 45.2 Å². The molecule has 6 heteroatoms. The summed E-state index contributed by atoms with van der Waals surface area (Å²) in [5.74, 6) is 0.438. The zero-order valence-electron chi connectivity index (χ0n) is 12.5. The van der Waals surface area contributed by atoms with Gasteiger partial charge < -0.3 is 4.90 Å². The van der Waals surface area contributed by atoms with Crippen molar-refractivity contribution in [3.63, 3.8) is 0 Å². The van der Waals surface area contributed by atoms with Crippen molar-refractivity contribution in [2.75, 3.05) is 31.6 Å². The van der Waals surface area contributed by atoms with Crippen molar-refractivity contribution in [2.45, 2.75) is 51.1 Å².